The SMILES string of the molecule is Cn1cnnc1C1CCN(c2c(-c3ccc(F)nc3)ccc(OC(O)(O)O)c2C#N)CC1. The smallest absolute Gasteiger partial charge is 0.415 e. The highest BCUT2D eigenvalue weighted by Gasteiger charge is 2.30. The third-order valence-electron chi connectivity index (χ3n) is 5.46. The van der Waals surface area contributed by atoms with Crippen molar-refractivity contribution in [2.45, 2.75) is 24.9 Å². The van der Waals surface area contributed by atoms with Gasteiger partial charge >= 0.3 is 6.16 Å². The molecule has 0 spiro atoms. The second-order valence-electron chi connectivity index (χ2n) is 7.55. The predicted octanol–water partition coefficient (Wildman–Crippen LogP) is 1.24. The van der Waals surface area contributed by atoms with Crippen molar-refractivity contribution < 1.29 is 24.4 Å². The lowest BCUT2D eigenvalue weighted by Gasteiger charge is -2.35. The number of benzene rings is 1. The van der Waals surface area contributed by atoms with Crippen LogP contribution in [0.3, 0.4) is 0 Å². The van der Waals surface area contributed by atoms with E-state index < -0.39 is 12.1 Å². The van der Waals surface area contributed by atoms with E-state index in [1.165, 1.54) is 18.3 Å². The zero-order valence-electron chi connectivity index (χ0n) is 17.2. The molecule has 11 heteroatoms. The van der Waals surface area contributed by atoms with Crippen LogP contribution < -0.4 is 9.64 Å². The summed E-state index contributed by atoms with van der Waals surface area (Å²) < 4.78 is 20.0. The van der Waals surface area contributed by atoms with Crippen molar-refractivity contribution in [3.05, 3.63) is 54.1 Å². The Morgan fingerprint density at radius 3 is 2.50 bits per heavy atom. The van der Waals surface area contributed by atoms with E-state index in [1.807, 2.05) is 22.6 Å². The maximum Gasteiger partial charge on any atom is 0.453 e. The lowest BCUT2D eigenvalue weighted by Crippen LogP contribution is -2.36. The van der Waals surface area contributed by atoms with Gasteiger partial charge in [0.25, 0.3) is 0 Å². The van der Waals surface area contributed by atoms with Crippen molar-refractivity contribution in [2.24, 2.45) is 7.05 Å². The van der Waals surface area contributed by atoms with Crippen LogP contribution in [0.15, 0.2) is 36.8 Å². The molecule has 2 aromatic heterocycles. The molecule has 0 atom stereocenters. The lowest BCUT2D eigenvalue weighted by atomic mass is 9.93. The van der Waals surface area contributed by atoms with E-state index >= 15 is 0 Å². The molecule has 0 saturated carbocycles. The molecule has 0 amide bonds. The normalized spacial score (nSPS) is 14.9. The van der Waals surface area contributed by atoms with Crippen LogP contribution in [0.4, 0.5) is 10.1 Å². The summed E-state index contributed by atoms with van der Waals surface area (Å²) in [7, 11) is 1.89. The quantitative estimate of drug-likeness (QED) is 0.395. The molecule has 0 aliphatic carbocycles. The van der Waals surface area contributed by atoms with Gasteiger partial charge in [0.1, 0.15) is 29.5 Å². The lowest BCUT2D eigenvalue weighted by molar-refractivity contribution is -0.419. The number of nitriles is 1. The number of rotatable bonds is 5. The van der Waals surface area contributed by atoms with Gasteiger partial charge < -0.3 is 29.5 Å². The molecule has 1 aliphatic heterocycles. The molecule has 166 valence electrons. The van der Waals surface area contributed by atoms with E-state index in [9.17, 15) is 25.0 Å². The van der Waals surface area contributed by atoms with Gasteiger partial charge in [0, 0.05) is 43.4 Å². The first-order valence-corrected chi connectivity index (χ1v) is 9.91. The Labute approximate surface area is 182 Å². The molecule has 10 nitrogen and oxygen atoms in total. The largest absolute Gasteiger partial charge is 0.453 e. The fraction of sp³-hybridized carbons (Fsp3) is 0.333. The molecule has 1 fully saturated rings. The van der Waals surface area contributed by atoms with Crippen molar-refractivity contribution >= 4 is 5.69 Å². The fourth-order valence-electron chi connectivity index (χ4n) is 4.03. The topological polar surface area (TPSA) is 141 Å². The molecule has 3 N–H and O–H groups in total. The Bertz CT molecular complexity index is 1140. The van der Waals surface area contributed by atoms with Gasteiger partial charge in [-0.3, -0.25) is 0 Å². The van der Waals surface area contributed by atoms with E-state index in [4.69, 9.17) is 4.74 Å². The first-order chi connectivity index (χ1) is 15.3. The Hall–Kier alpha value is -3.59. The Morgan fingerprint density at radius 1 is 1.19 bits per heavy atom. The van der Waals surface area contributed by atoms with Gasteiger partial charge in [0.2, 0.25) is 5.95 Å². The summed E-state index contributed by atoms with van der Waals surface area (Å²) in [5.41, 5.74) is 1.64. The van der Waals surface area contributed by atoms with Crippen molar-refractivity contribution in [2.75, 3.05) is 18.0 Å². The molecule has 1 saturated heterocycles. The maximum absolute atomic E-state index is 13.4. The van der Waals surface area contributed by atoms with Crippen LogP contribution in [0.25, 0.3) is 11.1 Å². The summed E-state index contributed by atoms with van der Waals surface area (Å²) in [5.74, 6) is 0.241. The van der Waals surface area contributed by atoms with Crippen LogP contribution in [-0.4, -0.2) is 54.3 Å². The molecular formula is C21H21FN6O4. The standard InChI is InChI=1S/C21H21FN6O4/c1-27-12-25-26-20(27)13-6-8-28(9-7-13)19-15(14-2-5-18(22)24-11-14)3-4-17(16(19)10-23)32-21(29,30)31/h2-5,11-13,29-31H,6-9H2,1H3. The average Bonchev–Trinajstić information content (AvgIpc) is 3.19. The monoisotopic (exact) mass is 440 g/mol. The number of pyridine rings is 1. The van der Waals surface area contributed by atoms with Gasteiger partial charge in [-0.05, 0) is 37.1 Å². The highest BCUT2D eigenvalue weighted by Crippen LogP contribution is 2.41. The molecule has 4 rings (SSSR count). The van der Waals surface area contributed by atoms with E-state index in [0.717, 1.165) is 18.7 Å². The molecule has 0 unspecified atom stereocenters. The minimum Gasteiger partial charge on any atom is -0.415 e. The summed E-state index contributed by atoms with van der Waals surface area (Å²) in [6.07, 6.45) is 1.05. The molecule has 1 aliphatic rings. The number of anilines is 1. The third kappa shape index (κ3) is 4.38. The Balaban J connectivity index is 1.74. The summed E-state index contributed by atoms with van der Waals surface area (Å²) in [6.45, 7) is 1.14. The van der Waals surface area contributed by atoms with Crippen LogP contribution in [0.1, 0.15) is 30.1 Å². The van der Waals surface area contributed by atoms with E-state index in [-0.39, 0.29) is 17.2 Å². The first kappa shape index (κ1) is 21.6. The van der Waals surface area contributed by atoms with Gasteiger partial charge in [-0.2, -0.15) is 9.65 Å². The molecule has 1 aromatic carbocycles. The van der Waals surface area contributed by atoms with Gasteiger partial charge in [0.15, 0.2) is 0 Å². The van der Waals surface area contributed by atoms with Gasteiger partial charge in [0.05, 0.1) is 5.69 Å². The van der Waals surface area contributed by atoms with Gasteiger partial charge in [-0.25, -0.2) is 4.98 Å². The molecule has 3 heterocycles. The van der Waals surface area contributed by atoms with Crippen LogP contribution in [0.2, 0.25) is 0 Å². The van der Waals surface area contributed by atoms with E-state index in [1.54, 1.807) is 18.5 Å². The Morgan fingerprint density at radius 2 is 1.94 bits per heavy atom. The first-order valence-electron chi connectivity index (χ1n) is 9.91. The molecule has 32 heavy (non-hydrogen) atoms. The van der Waals surface area contributed by atoms with Crippen molar-refractivity contribution in [3.8, 4) is 22.9 Å². The number of halogens is 1. The summed E-state index contributed by atoms with van der Waals surface area (Å²) in [5, 5.41) is 45.8. The van der Waals surface area contributed by atoms with Crippen LogP contribution >= 0.6 is 0 Å². The fourth-order valence-corrected chi connectivity index (χ4v) is 4.03. The zero-order chi connectivity index (χ0) is 22.9. The number of piperidine rings is 1. The minimum atomic E-state index is -3.44. The number of hydrogen-bond acceptors (Lipinski definition) is 9. The number of aliphatic hydroxyl groups is 3. The molecule has 3 aromatic rings. The summed E-state index contributed by atoms with van der Waals surface area (Å²) in [4.78, 5) is 5.67. The molecular weight excluding hydrogens is 419 g/mol. The summed E-state index contributed by atoms with van der Waals surface area (Å²) in [6, 6.07) is 7.73. The highest BCUT2D eigenvalue weighted by molar-refractivity contribution is 5.85. The van der Waals surface area contributed by atoms with Crippen LogP contribution in [0.5, 0.6) is 5.75 Å². The zero-order valence-corrected chi connectivity index (χ0v) is 17.2. The third-order valence-corrected chi connectivity index (χ3v) is 5.46. The minimum absolute atomic E-state index is 0.00505. The number of nitrogens with zero attached hydrogens (tertiary/aromatic N) is 6. The number of ether oxygens (including phenoxy) is 1. The summed E-state index contributed by atoms with van der Waals surface area (Å²) >= 11 is 0. The van der Waals surface area contributed by atoms with Crippen LogP contribution in [0, 0.1) is 17.3 Å². The van der Waals surface area contributed by atoms with Gasteiger partial charge in [-0.15, -0.1) is 10.2 Å². The predicted molar refractivity (Wildman–Crippen MR) is 110 cm³/mol. The average molecular weight is 440 g/mol. The van der Waals surface area contributed by atoms with Crippen molar-refractivity contribution in [1.82, 2.24) is 19.7 Å². The van der Waals surface area contributed by atoms with E-state index in [0.29, 0.717) is 29.9 Å². The molecule has 0 radical (unpaired) electrons. The number of hydrogen-bond donors (Lipinski definition) is 3. The van der Waals surface area contributed by atoms with Crippen molar-refractivity contribution in [1.29, 1.82) is 5.26 Å². The number of aromatic nitrogens is 4. The van der Waals surface area contributed by atoms with Crippen LogP contribution in [-0.2, 0) is 7.05 Å². The van der Waals surface area contributed by atoms with Gasteiger partial charge in [-0.1, -0.05) is 0 Å². The number of aryl methyl sites for hydroxylation is 1. The maximum atomic E-state index is 13.4. The van der Waals surface area contributed by atoms with E-state index in [2.05, 4.69) is 15.2 Å². The highest BCUT2D eigenvalue weighted by atomic mass is 19.1. The second-order valence-corrected chi connectivity index (χ2v) is 7.55. The molecule has 0 bridgehead atoms. The second kappa shape index (κ2) is 8.51. The Kier molecular flexibility index (Phi) is 5.75. The van der Waals surface area contributed by atoms with Crippen molar-refractivity contribution in [3.63, 3.8) is 0 Å².